The van der Waals surface area contributed by atoms with Crippen LogP contribution in [0.2, 0.25) is 0 Å². The van der Waals surface area contributed by atoms with Crippen LogP contribution in [0, 0.1) is 0 Å². The first-order chi connectivity index (χ1) is 35.6. The van der Waals surface area contributed by atoms with Crippen molar-refractivity contribution in [1.82, 2.24) is 0 Å². The van der Waals surface area contributed by atoms with Gasteiger partial charge in [-0.05, 0) is 12.8 Å². The van der Waals surface area contributed by atoms with Gasteiger partial charge in [0, 0.05) is 0 Å². The van der Waals surface area contributed by atoms with Gasteiger partial charge in [0.2, 0.25) is 0 Å². The van der Waals surface area contributed by atoms with E-state index >= 15 is 0 Å². The van der Waals surface area contributed by atoms with Crippen LogP contribution in [0.1, 0.15) is 399 Å². The number of esters is 2. The van der Waals surface area contributed by atoms with Crippen LogP contribution in [0.4, 0.5) is 0 Å². The van der Waals surface area contributed by atoms with Gasteiger partial charge in [-0.25, -0.2) is 9.59 Å². The van der Waals surface area contributed by atoms with E-state index in [4.69, 9.17) is 9.47 Å². The molecule has 0 aliphatic heterocycles. The number of carbonyl (C=O) groups excluding carboxylic acids is 2. The monoisotopic (exact) mass is 1010 g/mol. The number of unbranched alkanes of at least 4 members (excludes halogenated alkanes) is 58. The van der Waals surface area contributed by atoms with E-state index in [9.17, 15) is 9.59 Å². The predicted octanol–water partition coefficient (Wildman–Crippen LogP) is 24.1. The second-order valence-corrected chi connectivity index (χ2v) is 23.3. The maximum atomic E-state index is 12.3. The van der Waals surface area contributed by atoms with Crippen LogP contribution >= 0.6 is 0 Å². The van der Waals surface area contributed by atoms with E-state index in [1.54, 1.807) is 0 Å². The van der Waals surface area contributed by atoms with Gasteiger partial charge in [-0.15, -0.1) is 0 Å². The summed E-state index contributed by atoms with van der Waals surface area (Å²) < 4.78 is 10.6. The van der Waals surface area contributed by atoms with Crippen molar-refractivity contribution < 1.29 is 19.1 Å². The molecule has 72 heavy (non-hydrogen) atoms. The summed E-state index contributed by atoms with van der Waals surface area (Å²) in [6.07, 6.45) is 83.3. The SMILES string of the molecule is C=C(C(=O)OCCCCCCCCCCCCCCCCCCCCCCCCCCCCCCCC)C(=O)OCCCCCCCCCCCCCCCCCCCCCCCCCCCCCCCC. The standard InChI is InChI=1S/C68H132O4/c1-4-6-8-10-12-14-16-18-20-22-24-26-28-30-32-34-36-38-40-42-44-46-48-50-52-54-56-58-60-62-64-71-67(69)66(3)68(70)72-65-63-61-59-57-55-53-51-49-47-45-43-41-39-37-35-33-31-29-27-25-23-21-19-17-15-13-11-9-7-5-2/h3-65H2,1-2H3. The minimum atomic E-state index is -0.629. The molecular weight excluding hydrogens is 881 g/mol. The molecule has 0 heterocycles. The molecule has 0 aromatic heterocycles. The van der Waals surface area contributed by atoms with Crippen molar-refractivity contribution in [3.8, 4) is 0 Å². The fourth-order valence-electron chi connectivity index (χ4n) is 10.8. The van der Waals surface area contributed by atoms with E-state index in [-0.39, 0.29) is 5.57 Å². The van der Waals surface area contributed by atoms with Gasteiger partial charge in [0.25, 0.3) is 0 Å². The molecule has 0 aromatic carbocycles. The zero-order chi connectivity index (χ0) is 52.0. The molecule has 0 rings (SSSR count). The van der Waals surface area contributed by atoms with Crippen molar-refractivity contribution in [2.45, 2.75) is 399 Å². The minimum Gasteiger partial charge on any atom is -0.462 e. The summed E-state index contributed by atoms with van der Waals surface area (Å²) in [5, 5.41) is 0. The Labute approximate surface area is 453 Å². The van der Waals surface area contributed by atoms with Gasteiger partial charge in [0.15, 0.2) is 0 Å². The van der Waals surface area contributed by atoms with Crippen molar-refractivity contribution in [3.05, 3.63) is 12.2 Å². The third-order valence-electron chi connectivity index (χ3n) is 16.0. The first-order valence-corrected chi connectivity index (χ1v) is 33.7. The second-order valence-electron chi connectivity index (χ2n) is 23.3. The van der Waals surface area contributed by atoms with E-state index in [1.807, 2.05) is 0 Å². The predicted molar refractivity (Wildman–Crippen MR) is 319 cm³/mol. The molecule has 0 amide bonds. The van der Waals surface area contributed by atoms with Crippen LogP contribution in [-0.4, -0.2) is 25.2 Å². The third kappa shape index (κ3) is 59.6. The molecule has 0 atom stereocenters. The summed E-state index contributed by atoms with van der Waals surface area (Å²) >= 11 is 0. The topological polar surface area (TPSA) is 52.6 Å². The van der Waals surface area contributed by atoms with Crippen LogP contribution in [0.25, 0.3) is 0 Å². The Morgan fingerprint density at radius 3 is 0.444 bits per heavy atom. The molecule has 428 valence electrons. The van der Waals surface area contributed by atoms with E-state index in [0.717, 1.165) is 25.7 Å². The molecular formula is C68H132O4. The lowest BCUT2D eigenvalue weighted by Gasteiger charge is -2.08. The van der Waals surface area contributed by atoms with E-state index in [0.29, 0.717) is 13.2 Å². The largest absolute Gasteiger partial charge is 0.462 e. The number of hydrogen-bond donors (Lipinski definition) is 0. The van der Waals surface area contributed by atoms with Gasteiger partial charge in [0.1, 0.15) is 5.57 Å². The van der Waals surface area contributed by atoms with E-state index in [2.05, 4.69) is 20.4 Å². The Bertz CT molecular complexity index is 973. The molecule has 0 aliphatic rings. The highest BCUT2D eigenvalue weighted by Crippen LogP contribution is 2.19. The van der Waals surface area contributed by atoms with Gasteiger partial charge in [0.05, 0.1) is 13.2 Å². The maximum absolute atomic E-state index is 12.3. The van der Waals surface area contributed by atoms with Crippen molar-refractivity contribution in [2.24, 2.45) is 0 Å². The molecule has 0 saturated carbocycles. The highest BCUT2D eigenvalue weighted by molar-refractivity contribution is 6.13. The average Bonchev–Trinajstić information content (AvgIpc) is 3.39. The summed E-state index contributed by atoms with van der Waals surface area (Å²) in [7, 11) is 0. The maximum Gasteiger partial charge on any atom is 0.344 e. The lowest BCUT2D eigenvalue weighted by atomic mass is 10.0. The molecule has 0 aliphatic carbocycles. The van der Waals surface area contributed by atoms with Gasteiger partial charge in [-0.2, -0.15) is 0 Å². The van der Waals surface area contributed by atoms with Crippen molar-refractivity contribution >= 4 is 11.9 Å². The normalized spacial score (nSPS) is 11.5. The van der Waals surface area contributed by atoms with Gasteiger partial charge in [-0.1, -0.05) is 393 Å². The molecule has 0 N–H and O–H groups in total. The molecule has 0 fully saturated rings. The molecule has 4 nitrogen and oxygen atoms in total. The lowest BCUT2D eigenvalue weighted by Crippen LogP contribution is -2.18. The molecule has 0 bridgehead atoms. The Morgan fingerprint density at radius 1 is 0.208 bits per heavy atom. The molecule has 0 spiro atoms. The van der Waals surface area contributed by atoms with Gasteiger partial charge < -0.3 is 9.47 Å². The summed E-state index contributed by atoms with van der Waals surface area (Å²) in [6, 6.07) is 0. The van der Waals surface area contributed by atoms with Crippen molar-refractivity contribution in [2.75, 3.05) is 13.2 Å². The summed E-state index contributed by atoms with van der Waals surface area (Å²) in [4.78, 5) is 24.6. The van der Waals surface area contributed by atoms with Crippen molar-refractivity contribution in [1.29, 1.82) is 0 Å². The highest BCUT2D eigenvalue weighted by atomic mass is 16.6. The molecule has 0 radical (unpaired) electrons. The second kappa shape index (κ2) is 64.0. The minimum absolute atomic E-state index is 0.175. The average molecular weight is 1010 g/mol. The van der Waals surface area contributed by atoms with Crippen LogP contribution < -0.4 is 0 Å². The Kier molecular flexibility index (Phi) is 62.8. The Balaban J connectivity index is 3.29. The number of rotatable bonds is 64. The Morgan fingerprint density at radius 2 is 0.319 bits per heavy atom. The van der Waals surface area contributed by atoms with Gasteiger partial charge >= 0.3 is 11.9 Å². The fraction of sp³-hybridized carbons (Fsp3) is 0.941. The Hall–Kier alpha value is -1.32. The first kappa shape index (κ1) is 70.7. The number of ether oxygens (including phenoxy) is 2. The van der Waals surface area contributed by atoms with Crippen LogP contribution in [0.3, 0.4) is 0 Å². The van der Waals surface area contributed by atoms with E-state index in [1.165, 1.54) is 360 Å². The summed E-state index contributed by atoms with van der Waals surface area (Å²) in [5.41, 5.74) is -0.175. The number of hydrogen-bond acceptors (Lipinski definition) is 4. The summed E-state index contributed by atoms with van der Waals surface area (Å²) in [5.74, 6) is -1.26. The molecule has 0 unspecified atom stereocenters. The lowest BCUT2D eigenvalue weighted by molar-refractivity contribution is -0.147. The number of carbonyl (C=O) groups is 2. The first-order valence-electron chi connectivity index (χ1n) is 33.7. The van der Waals surface area contributed by atoms with Crippen molar-refractivity contribution in [3.63, 3.8) is 0 Å². The molecule has 0 aromatic rings. The quantitative estimate of drug-likeness (QED) is 0.0200. The third-order valence-corrected chi connectivity index (χ3v) is 16.0. The zero-order valence-corrected chi connectivity index (χ0v) is 49.7. The zero-order valence-electron chi connectivity index (χ0n) is 49.7. The fourth-order valence-corrected chi connectivity index (χ4v) is 10.8. The van der Waals surface area contributed by atoms with Gasteiger partial charge in [-0.3, -0.25) is 0 Å². The highest BCUT2D eigenvalue weighted by Gasteiger charge is 2.18. The van der Waals surface area contributed by atoms with E-state index < -0.39 is 11.9 Å². The van der Waals surface area contributed by atoms with Crippen LogP contribution in [0.5, 0.6) is 0 Å². The smallest absolute Gasteiger partial charge is 0.344 e. The van der Waals surface area contributed by atoms with Crippen LogP contribution in [0.15, 0.2) is 12.2 Å². The summed E-state index contributed by atoms with van der Waals surface area (Å²) in [6.45, 7) is 8.96. The molecule has 0 saturated heterocycles. The van der Waals surface area contributed by atoms with Crippen LogP contribution in [-0.2, 0) is 19.1 Å². The molecule has 4 heteroatoms.